The highest BCUT2D eigenvalue weighted by atomic mass is 35.5. The number of hydrogen-bond acceptors (Lipinski definition) is 2. The molecule has 1 aromatic heterocycles. The van der Waals surface area contributed by atoms with Gasteiger partial charge < -0.3 is 4.90 Å². The molecule has 94 valence electrons. The number of halogens is 1. The predicted octanol–water partition coefficient (Wildman–Crippen LogP) is 2.90. The maximum Gasteiger partial charge on any atom is 0.257 e. The van der Waals surface area contributed by atoms with Crippen molar-refractivity contribution in [2.24, 2.45) is 0 Å². The van der Waals surface area contributed by atoms with Gasteiger partial charge in [-0.2, -0.15) is 5.10 Å². The molecule has 0 aliphatic carbocycles. The summed E-state index contributed by atoms with van der Waals surface area (Å²) in [5.74, 6) is -0.0869. The molecule has 4 nitrogen and oxygen atoms in total. The normalized spacial score (nSPS) is 12.2. The Morgan fingerprint density at radius 3 is 2.78 bits per heavy atom. The zero-order chi connectivity index (χ0) is 13.1. The molecular weight excluding hydrogens is 250 g/mol. The van der Waals surface area contributed by atoms with Crippen LogP contribution in [-0.4, -0.2) is 28.1 Å². The maximum atomic E-state index is 12.2. The highest BCUT2D eigenvalue weighted by molar-refractivity contribution is 6.31. The topological polar surface area (TPSA) is 49.0 Å². The van der Waals surface area contributed by atoms with E-state index in [-0.39, 0.29) is 11.9 Å². The first-order valence-corrected chi connectivity index (χ1v) is 5.99. The molecular formula is C13H14ClN3O. The van der Waals surface area contributed by atoms with E-state index < -0.39 is 0 Å². The van der Waals surface area contributed by atoms with E-state index in [1.807, 2.05) is 31.2 Å². The molecule has 2 rings (SSSR count). The molecule has 18 heavy (non-hydrogen) atoms. The first-order chi connectivity index (χ1) is 8.61. The smallest absolute Gasteiger partial charge is 0.257 e. The fourth-order valence-electron chi connectivity index (χ4n) is 1.77. The van der Waals surface area contributed by atoms with Crippen molar-refractivity contribution in [3.8, 4) is 0 Å². The van der Waals surface area contributed by atoms with Gasteiger partial charge in [0.1, 0.15) is 0 Å². The number of hydrogen-bond donors (Lipinski definition) is 1. The molecule has 0 saturated carbocycles. The molecule has 0 saturated heterocycles. The van der Waals surface area contributed by atoms with Crippen molar-refractivity contribution in [1.29, 1.82) is 0 Å². The van der Waals surface area contributed by atoms with Gasteiger partial charge in [-0.05, 0) is 18.6 Å². The van der Waals surface area contributed by atoms with Crippen molar-refractivity contribution in [2.75, 3.05) is 7.05 Å². The summed E-state index contributed by atoms with van der Waals surface area (Å²) in [6, 6.07) is 7.43. The molecule has 0 spiro atoms. The van der Waals surface area contributed by atoms with E-state index >= 15 is 0 Å². The minimum atomic E-state index is -0.0962. The third-order valence-electron chi connectivity index (χ3n) is 3.00. The highest BCUT2D eigenvalue weighted by Crippen LogP contribution is 2.26. The second-order valence-corrected chi connectivity index (χ2v) is 4.51. The van der Waals surface area contributed by atoms with Gasteiger partial charge in [0.05, 0.1) is 17.8 Å². The van der Waals surface area contributed by atoms with E-state index in [2.05, 4.69) is 10.2 Å². The van der Waals surface area contributed by atoms with E-state index in [4.69, 9.17) is 11.6 Å². The van der Waals surface area contributed by atoms with Crippen molar-refractivity contribution in [3.63, 3.8) is 0 Å². The number of amides is 1. The van der Waals surface area contributed by atoms with Gasteiger partial charge in [0.2, 0.25) is 0 Å². The number of carbonyl (C=O) groups is 1. The third kappa shape index (κ3) is 2.38. The minimum absolute atomic E-state index is 0.0869. The van der Waals surface area contributed by atoms with E-state index in [1.165, 1.54) is 6.20 Å². The van der Waals surface area contributed by atoms with Gasteiger partial charge in [-0.15, -0.1) is 0 Å². The standard InChI is InChI=1S/C13H14ClN3O/c1-9(11-5-3-4-6-12(11)14)17(2)13(18)10-7-15-16-8-10/h3-9H,1-2H3,(H,15,16). The fourth-order valence-corrected chi connectivity index (χ4v) is 2.06. The lowest BCUT2D eigenvalue weighted by molar-refractivity contribution is 0.0743. The van der Waals surface area contributed by atoms with Crippen molar-refractivity contribution in [3.05, 3.63) is 52.8 Å². The summed E-state index contributed by atoms with van der Waals surface area (Å²) in [7, 11) is 1.75. The van der Waals surface area contributed by atoms with E-state index in [9.17, 15) is 4.79 Å². The molecule has 1 amide bonds. The maximum absolute atomic E-state index is 12.2. The summed E-state index contributed by atoms with van der Waals surface area (Å²) in [6.07, 6.45) is 3.09. The molecule has 1 atom stereocenters. The molecule has 1 N–H and O–H groups in total. The second kappa shape index (κ2) is 5.23. The van der Waals surface area contributed by atoms with Gasteiger partial charge in [-0.1, -0.05) is 29.8 Å². The van der Waals surface area contributed by atoms with Crippen molar-refractivity contribution in [1.82, 2.24) is 15.1 Å². The van der Waals surface area contributed by atoms with E-state index in [0.29, 0.717) is 10.6 Å². The highest BCUT2D eigenvalue weighted by Gasteiger charge is 2.20. The van der Waals surface area contributed by atoms with E-state index in [0.717, 1.165) is 5.56 Å². The van der Waals surface area contributed by atoms with Gasteiger partial charge in [-0.3, -0.25) is 9.89 Å². The molecule has 0 bridgehead atoms. The Morgan fingerprint density at radius 1 is 1.44 bits per heavy atom. The fraction of sp³-hybridized carbons (Fsp3) is 0.231. The minimum Gasteiger partial charge on any atom is -0.335 e. The number of carbonyl (C=O) groups excluding carboxylic acids is 1. The quantitative estimate of drug-likeness (QED) is 0.926. The Morgan fingerprint density at radius 2 is 2.17 bits per heavy atom. The van der Waals surface area contributed by atoms with Crippen LogP contribution in [0.3, 0.4) is 0 Å². The van der Waals surface area contributed by atoms with Crippen molar-refractivity contribution in [2.45, 2.75) is 13.0 Å². The number of aromatic amines is 1. The number of benzene rings is 1. The molecule has 5 heteroatoms. The first kappa shape index (κ1) is 12.6. The molecule has 2 aromatic rings. The molecule has 0 radical (unpaired) electrons. The summed E-state index contributed by atoms with van der Waals surface area (Å²) in [4.78, 5) is 13.8. The average molecular weight is 264 g/mol. The van der Waals surface area contributed by atoms with E-state index in [1.54, 1.807) is 18.1 Å². The molecule has 1 aromatic carbocycles. The Balaban J connectivity index is 2.22. The van der Waals surface area contributed by atoms with Crippen LogP contribution < -0.4 is 0 Å². The van der Waals surface area contributed by atoms with Gasteiger partial charge >= 0.3 is 0 Å². The summed E-state index contributed by atoms with van der Waals surface area (Å²) in [5.41, 5.74) is 1.47. The third-order valence-corrected chi connectivity index (χ3v) is 3.35. The number of nitrogens with zero attached hydrogens (tertiary/aromatic N) is 2. The lowest BCUT2D eigenvalue weighted by atomic mass is 10.1. The summed E-state index contributed by atoms with van der Waals surface area (Å²) < 4.78 is 0. The van der Waals surface area contributed by atoms with Crippen LogP contribution in [0.25, 0.3) is 0 Å². The summed E-state index contributed by atoms with van der Waals surface area (Å²) in [6.45, 7) is 1.94. The Hall–Kier alpha value is -1.81. The lowest BCUT2D eigenvalue weighted by Crippen LogP contribution is -2.29. The van der Waals surface area contributed by atoms with Gasteiger partial charge in [-0.25, -0.2) is 0 Å². The van der Waals surface area contributed by atoms with Crippen LogP contribution in [0.1, 0.15) is 28.9 Å². The Kier molecular flexibility index (Phi) is 3.67. The van der Waals surface area contributed by atoms with Crippen LogP contribution >= 0.6 is 11.6 Å². The lowest BCUT2D eigenvalue weighted by Gasteiger charge is -2.25. The molecule has 0 fully saturated rings. The van der Waals surface area contributed by atoms with Crippen molar-refractivity contribution >= 4 is 17.5 Å². The Labute approximate surface area is 111 Å². The second-order valence-electron chi connectivity index (χ2n) is 4.10. The predicted molar refractivity (Wildman–Crippen MR) is 70.5 cm³/mol. The molecule has 1 unspecified atom stereocenters. The average Bonchev–Trinajstić information content (AvgIpc) is 2.90. The van der Waals surface area contributed by atoms with Gasteiger partial charge in [0.25, 0.3) is 5.91 Å². The molecule has 0 aliphatic rings. The van der Waals surface area contributed by atoms with Crippen LogP contribution in [0, 0.1) is 0 Å². The van der Waals surface area contributed by atoms with Crippen LogP contribution in [0.5, 0.6) is 0 Å². The monoisotopic (exact) mass is 263 g/mol. The zero-order valence-electron chi connectivity index (χ0n) is 10.2. The van der Waals surface area contributed by atoms with Gasteiger partial charge in [0, 0.05) is 18.3 Å². The SMILES string of the molecule is CC(c1ccccc1Cl)N(C)C(=O)c1cn[nH]c1. The largest absolute Gasteiger partial charge is 0.335 e. The summed E-state index contributed by atoms with van der Waals surface area (Å²) >= 11 is 6.14. The number of aromatic nitrogens is 2. The van der Waals surface area contributed by atoms with Gasteiger partial charge in [0.15, 0.2) is 0 Å². The van der Waals surface area contributed by atoms with Crippen LogP contribution in [0.4, 0.5) is 0 Å². The Bertz CT molecular complexity index is 539. The van der Waals surface area contributed by atoms with Crippen molar-refractivity contribution < 1.29 is 4.79 Å². The van der Waals surface area contributed by atoms with Crippen LogP contribution in [0.15, 0.2) is 36.7 Å². The molecule has 0 aliphatic heterocycles. The summed E-state index contributed by atoms with van der Waals surface area (Å²) in [5, 5.41) is 7.07. The van der Waals surface area contributed by atoms with Crippen LogP contribution in [0.2, 0.25) is 5.02 Å². The number of nitrogens with one attached hydrogen (secondary N) is 1. The first-order valence-electron chi connectivity index (χ1n) is 5.61. The molecule has 1 heterocycles. The van der Waals surface area contributed by atoms with Crippen LogP contribution in [-0.2, 0) is 0 Å². The number of rotatable bonds is 3. The zero-order valence-corrected chi connectivity index (χ0v) is 11.0. The number of H-pyrrole nitrogens is 1.